The molecule has 0 spiro atoms. The van der Waals surface area contributed by atoms with Gasteiger partial charge in [-0.25, -0.2) is 14.8 Å². The molecular formula is C28H33ClN6O2S. The zero-order valence-corrected chi connectivity index (χ0v) is 23.2. The fraction of sp³-hybridized carbons (Fsp3) is 0.357. The molecule has 1 saturated heterocycles. The lowest BCUT2D eigenvalue weighted by Gasteiger charge is -2.40. The molecule has 3 aromatic rings. The van der Waals surface area contributed by atoms with Gasteiger partial charge in [-0.2, -0.15) is 0 Å². The number of hydrogen-bond donors (Lipinski definition) is 2. The van der Waals surface area contributed by atoms with Crippen LogP contribution in [0.4, 0.5) is 10.6 Å². The second-order valence-electron chi connectivity index (χ2n) is 9.16. The van der Waals surface area contributed by atoms with Gasteiger partial charge in [0.05, 0.1) is 11.8 Å². The molecular weight excluding hydrogens is 520 g/mol. The smallest absolute Gasteiger partial charge is 0.317 e. The number of hydrogen-bond acceptors (Lipinski definition) is 6. The van der Waals surface area contributed by atoms with Crippen LogP contribution in [0.25, 0.3) is 0 Å². The van der Waals surface area contributed by atoms with Gasteiger partial charge in [-0.3, -0.25) is 4.79 Å². The summed E-state index contributed by atoms with van der Waals surface area (Å²) in [7, 11) is 0. The lowest BCUT2D eigenvalue weighted by Crippen LogP contribution is -2.56. The van der Waals surface area contributed by atoms with Crippen LogP contribution in [0.5, 0.6) is 0 Å². The van der Waals surface area contributed by atoms with Gasteiger partial charge in [-0.05, 0) is 31.4 Å². The Labute approximate surface area is 233 Å². The Balaban J connectivity index is 1.38. The van der Waals surface area contributed by atoms with Crippen molar-refractivity contribution >= 4 is 41.1 Å². The van der Waals surface area contributed by atoms with Crippen LogP contribution in [0, 0.1) is 0 Å². The third kappa shape index (κ3) is 7.61. The van der Waals surface area contributed by atoms with Crippen molar-refractivity contribution in [3.05, 3.63) is 83.0 Å². The molecule has 2 N–H and O–H groups in total. The molecule has 1 fully saturated rings. The van der Waals surface area contributed by atoms with E-state index >= 15 is 0 Å². The summed E-state index contributed by atoms with van der Waals surface area (Å²) >= 11 is 7.59. The molecule has 200 valence electrons. The summed E-state index contributed by atoms with van der Waals surface area (Å²) in [4.78, 5) is 38.2. The summed E-state index contributed by atoms with van der Waals surface area (Å²) in [6.45, 7) is 6.38. The fourth-order valence-electron chi connectivity index (χ4n) is 4.49. The number of carbonyl (C=O) groups is 2. The molecule has 2 aromatic carbocycles. The first-order valence-electron chi connectivity index (χ1n) is 12.8. The zero-order chi connectivity index (χ0) is 26.9. The summed E-state index contributed by atoms with van der Waals surface area (Å²) < 4.78 is 0. The standard InChI is InChI=1S/C28H33ClN6O2S/c1-3-30-28(37)35-15-14-34(18-20(35)2)25-17-24(29)32-27(33-25)38-19-26(36)31-23(22-12-8-5-9-13-22)16-21-10-6-4-7-11-21/h4-13,17,20,23H,3,14-16,18-19H2,1-2H3,(H,30,37)(H,31,36)/t20-,23-/m1/s1. The lowest BCUT2D eigenvalue weighted by molar-refractivity contribution is -0.119. The number of anilines is 1. The predicted molar refractivity (Wildman–Crippen MR) is 153 cm³/mol. The number of urea groups is 1. The Kier molecular flexibility index (Phi) is 9.84. The van der Waals surface area contributed by atoms with Crippen molar-refractivity contribution in [1.82, 2.24) is 25.5 Å². The molecule has 10 heteroatoms. The minimum absolute atomic E-state index is 0.0189. The van der Waals surface area contributed by atoms with E-state index in [9.17, 15) is 9.59 Å². The second kappa shape index (κ2) is 13.5. The van der Waals surface area contributed by atoms with Gasteiger partial charge >= 0.3 is 6.03 Å². The van der Waals surface area contributed by atoms with Crippen LogP contribution in [0.15, 0.2) is 71.9 Å². The fourth-order valence-corrected chi connectivity index (χ4v) is 5.38. The molecule has 1 aromatic heterocycles. The minimum Gasteiger partial charge on any atom is -0.353 e. The number of amides is 3. The first kappa shape index (κ1) is 27.7. The van der Waals surface area contributed by atoms with Gasteiger partial charge in [0, 0.05) is 38.3 Å². The molecule has 0 bridgehead atoms. The predicted octanol–water partition coefficient (Wildman–Crippen LogP) is 4.56. The number of aromatic nitrogens is 2. The zero-order valence-electron chi connectivity index (χ0n) is 21.6. The van der Waals surface area contributed by atoms with Crippen LogP contribution in [0.1, 0.15) is 31.0 Å². The third-order valence-electron chi connectivity index (χ3n) is 6.35. The number of nitrogens with zero attached hydrogens (tertiary/aromatic N) is 4. The molecule has 0 saturated carbocycles. The number of carbonyl (C=O) groups excluding carboxylic acids is 2. The first-order valence-corrected chi connectivity index (χ1v) is 14.1. The Morgan fingerprint density at radius 2 is 1.79 bits per heavy atom. The highest BCUT2D eigenvalue weighted by Gasteiger charge is 2.28. The van der Waals surface area contributed by atoms with Crippen molar-refractivity contribution < 1.29 is 9.59 Å². The molecule has 2 atom stereocenters. The molecule has 38 heavy (non-hydrogen) atoms. The van der Waals surface area contributed by atoms with Crippen molar-refractivity contribution in [3.8, 4) is 0 Å². The van der Waals surface area contributed by atoms with E-state index in [1.807, 2.05) is 67.3 Å². The van der Waals surface area contributed by atoms with Crippen LogP contribution in [0.2, 0.25) is 5.15 Å². The van der Waals surface area contributed by atoms with Gasteiger partial charge in [0.2, 0.25) is 5.91 Å². The molecule has 0 unspecified atom stereocenters. The Morgan fingerprint density at radius 1 is 1.08 bits per heavy atom. The van der Waals surface area contributed by atoms with Crippen LogP contribution in [-0.2, 0) is 11.2 Å². The minimum atomic E-state index is -0.148. The number of rotatable bonds is 9. The van der Waals surface area contributed by atoms with Gasteiger partial charge < -0.3 is 20.4 Å². The van der Waals surface area contributed by atoms with Crippen LogP contribution in [0.3, 0.4) is 0 Å². The second-order valence-corrected chi connectivity index (χ2v) is 10.5. The van der Waals surface area contributed by atoms with E-state index < -0.39 is 0 Å². The van der Waals surface area contributed by atoms with Crippen LogP contribution >= 0.6 is 23.4 Å². The molecule has 1 aliphatic heterocycles. The maximum Gasteiger partial charge on any atom is 0.317 e. The topological polar surface area (TPSA) is 90.5 Å². The number of piperazine rings is 1. The average Bonchev–Trinajstić information content (AvgIpc) is 2.92. The van der Waals surface area contributed by atoms with Crippen LogP contribution < -0.4 is 15.5 Å². The van der Waals surface area contributed by atoms with Crippen LogP contribution in [-0.4, -0.2) is 64.8 Å². The van der Waals surface area contributed by atoms with Crippen molar-refractivity contribution in [2.24, 2.45) is 0 Å². The van der Waals surface area contributed by atoms with E-state index in [2.05, 4.69) is 37.6 Å². The van der Waals surface area contributed by atoms with E-state index in [-0.39, 0.29) is 29.8 Å². The first-order chi connectivity index (χ1) is 18.4. The highest BCUT2D eigenvalue weighted by atomic mass is 35.5. The van der Waals surface area contributed by atoms with E-state index in [0.717, 1.165) is 11.1 Å². The SMILES string of the molecule is CCNC(=O)N1CCN(c2cc(Cl)nc(SCC(=O)N[C@H](Cc3ccccc3)c3ccccc3)n2)C[C@H]1C. The summed E-state index contributed by atoms with van der Waals surface area (Å²) in [6, 6.07) is 21.6. The molecule has 0 radical (unpaired) electrons. The Bertz CT molecular complexity index is 1220. The van der Waals surface area contributed by atoms with Gasteiger partial charge in [-0.1, -0.05) is 84.0 Å². The van der Waals surface area contributed by atoms with E-state index in [1.54, 1.807) is 6.07 Å². The van der Waals surface area contributed by atoms with Crippen molar-refractivity contribution in [3.63, 3.8) is 0 Å². The Hall–Kier alpha value is -3.30. The highest BCUT2D eigenvalue weighted by molar-refractivity contribution is 7.99. The van der Waals surface area contributed by atoms with Gasteiger partial charge in [0.1, 0.15) is 11.0 Å². The van der Waals surface area contributed by atoms with Gasteiger partial charge in [-0.15, -0.1) is 0 Å². The quantitative estimate of drug-likeness (QED) is 0.230. The summed E-state index contributed by atoms with van der Waals surface area (Å²) in [5.41, 5.74) is 2.20. The number of halogens is 1. The van der Waals surface area contributed by atoms with E-state index in [0.29, 0.717) is 48.7 Å². The number of thioether (sulfide) groups is 1. The van der Waals surface area contributed by atoms with Crippen molar-refractivity contribution in [2.45, 2.75) is 37.5 Å². The van der Waals surface area contributed by atoms with E-state index in [4.69, 9.17) is 11.6 Å². The maximum atomic E-state index is 13.0. The molecule has 1 aliphatic rings. The number of benzene rings is 2. The average molecular weight is 553 g/mol. The Morgan fingerprint density at radius 3 is 2.47 bits per heavy atom. The molecule has 4 rings (SSSR count). The lowest BCUT2D eigenvalue weighted by atomic mass is 9.99. The van der Waals surface area contributed by atoms with E-state index in [1.165, 1.54) is 11.8 Å². The molecule has 2 heterocycles. The maximum absolute atomic E-state index is 13.0. The molecule has 3 amide bonds. The summed E-state index contributed by atoms with van der Waals surface area (Å²) in [6.07, 6.45) is 0.694. The number of nitrogens with one attached hydrogen (secondary N) is 2. The molecule has 8 nitrogen and oxygen atoms in total. The van der Waals surface area contributed by atoms with Crippen molar-refractivity contribution in [2.75, 3.05) is 36.8 Å². The summed E-state index contributed by atoms with van der Waals surface area (Å²) in [5.74, 6) is 0.759. The van der Waals surface area contributed by atoms with Gasteiger partial charge in [0.15, 0.2) is 5.16 Å². The normalized spacial score (nSPS) is 16.1. The van der Waals surface area contributed by atoms with Crippen molar-refractivity contribution in [1.29, 1.82) is 0 Å². The summed E-state index contributed by atoms with van der Waals surface area (Å²) in [5, 5.41) is 6.80. The molecule has 0 aliphatic carbocycles. The largest absolute Gasteiger partial charge is 0.353 e. The monoisotopic (exact) mass is 552 g/mol. The third-order valence-corrected chi connectivity index (χ3v) is 7.39. The van der Waals surface area contributed by atoms with Gasteiger partial charge in [0.25, 0.3) is 0 Å². The highest BCUT2D eigenvalue weighted by Crippen LogP contribution is 2.25.